The Hall–Kier alpha value is -1.92. The van der Waals surface area contributed by atoms with Crippen LogP contribution >= 0.6 is 0 Å². The van der Waals surface area contributed by atoms with E-state index in [1.54, 1.807) is 4.90 Å². The average Bonchev–Trinajstić information content (AvgIpc) is 2.84. The van der Waals surface area contributed by atoms with Crippen molar-refractivity contribution in [3.05, 3.63) is 11.9 Å². The van der Waals surface area contributed by atoms with Gasteiger partial charge in [0.2, 0.25) is 0 Å². The summed E-state index contributed by atoms with van der Waals surface area (Å²) in [5.74, 6) is -0.962. The molecule has 1 saturated heterocycles. The van der Waals surface area contributed by atoms with Crippen molar-refractivity contribution in [2.24, 2.45) is 5.92 Å². The summed E-state index contributed by atoms with van der Waals surface area (Å²) in [6.07, 6.45) is 2.21. The number of hydrogen-bond donors (Lipinski definition) is 2. The Morgan fingerprint density at radius 2 is 2.44 bits per heavy atom. The van der Waals surface area contributed by atoms with E-state index in [4.69, 9.17) is 5.11 Å². The Balaban J connectivity index is 1.94. The number of carbonyl (C=O) groups excluding carboxylic acids is 1. The number of carboxylic acids is 1. The number of amides is 1. The van der Waals surface area contributed by atoms with E-state index in [0.717, 1.165) is 6.42 Å². The number of hydrogen-bond acceptors (Lipinski definition) is 4. The predicted octanol–water partition coefficient (Wildman–Crippen LogP) is -0.259. The zero-order valence-corrected chi connectivity index (χ0v) is 8.59. The molecule has 0 bridgehead atoms. The van der Waals surface area contributed by atoms with Crippen LogP contribution < -0.4 is 0 Å². The van der Waals surface area contributed by atoms with E-state index in [2.05, 4.69) is 15.4 Å². The molecule has 1 amide bonds. The molecule has 7 heteroatoms. The van der Waals surface area contributed by atoms with Crippen LogP contribution in [0.25, 0.3) is 0 Å². The zero-order chi connectivity index (χ0) is 11.5. The molecule has 1 fully saturated rings. The quantitative estimate of drug-likeness (QED) is 0.737. The van der Waals surface area contributed by atoms with Crippen LogP contribution in [-0.4, -0.2) is 50.4 Å². The van der Waals surface area contributed by atoms with Crippen molar-refractivity contribution in [1.29, 1.82) is 0 Å². The van der Waals surface area contributed by atoms with E-state index < -0.39 is 5.97 Å². The van der Waals surface area contributed by atoms with E-state index >= 15 is 0 Å². The summed E-state index contributed by atoms with van der Waals surface area (Å²) in [6, 6.07) is 0. The third kappa shape index (κ3) is 2.18. The van der Waals surface area contributed by atoms with Crippen LogP contribution in [0, 0.1) is 5.92 Å². The summed E-state index contributed by atoms with van der Waals surface area (Å²) in [4.78, 5) is 23.9. The van der Waals surface area contributed by atoms with Gasteiger partial charge in [0.15, 0.2) is 5.69 Å². The lowest BCUT2D eigenvalue weighted by atomic mass is 10.1. The second-order valence-corrected chi connectivity index (χ2v) is 3.86. The van der Waals surface area contributed by atoms with Gasteiger partial charge in [-0.15, -0.1) is 0 Å². The highest BCUT2D eigenvalue weighted by Gasteiger charge is 2.29. The lowest BCUT2D eigenvalue weighted by Gasteiger charge is -2.13. The fraction of sp³-hybridized carbons (Fsp3) is 0.556. The third-order valence-corrected chi connectivity index (χ3v) is 2.67. The number of carboxylic acid groups (broad SMARTS) is 1. The number of likely N-dealkylation sites (tertiary alicyclic amines) is 1. The number of carbonyl (C=O) groups is 2. The first-order valence-corrected chi connectivity index (χ1v) is 5.03. The molecule has 7 nitrogen and oxygen atoms in total. The first-order chi connectivity index (χ1) is 7.66. The van der Waals surface area contributed by atoms with Gasteiger partial charge in [0, 0.05) is 19.5 Å². The Morgan fingerprint density at radius 1 is 1.62 bits per heavy atom. The van der Waals surface area contributed by atoms with E-state index in [1.165, 1.54) is 6.20 Å². The highest BCUT2D eigenvalue weighted by atomic mass is 16.4. The Kier molecular flexibility index (Phi) is 2.84. The minimum atomic E-state index is -0.819. The normalized spacial score (nSPS) is 20.0. The van der Waals surface area contributed by atoms with E-state index in [-0.39, 0.29) is 23.9 Å². The fourth-order valence-electron chi connectivity index (χ4n) is 1.90. The van der Waals surface area contributed by atoms with Gasteiger partial charge in [-0.2, -0.15) is 15.4 Å². The van der Waals surface area contributed by atoms with E-state index in [9.17, 15) is 9.59 Å². The van der Waals surface area contributed by atoms with Crippen molar-refractivity contribution in [3.63, 3.8) is 0 Å². The highest BCUT2D eigenvalue weighted by molar-refractivity contribution is 5.92. The fourth-order valence-corrected chi connectivity index (χ4v) is 1.90. The summed E-state index contributed by atoms with van der Waals surface area (Å²) in [5.41, 5.74) is 0.274. The first kappa shape index (κ1) is 10.6. The zero-order valence-electron chi connectivity index (χ0n) is 8.59. The van der Waals surface area contributed by atoms with Crippen molar-refractivity contribution in [2.75, 3.05) is 13.1 Å². The SMILES string of the molecule is O=C(O)CC1CCN(C(=O)c2cn[nH]n2)C1. The molecule has 0 aliphatic carbocycles. The Morgan fingerprint density at radius 3 is 3.06 bits per heavy atom. The van der Waals surface area contributed by atoms with Crippen molar-refractivity contribution in [1.82, 2.24) is 20.3 Å². The molecule has 1 atom stereocenters. The Labute approximate surface area is 91.4 Å². The van der Waals surface area contributed by atoms with Crippen molar-refractivity contribution in [2.45, 2.75) is 12.8 Å². The molecular formula is C9H12N4O3. The molecular weight excluding hydrogens is 212 g/mol. The molecule has 2 N–H and O–H groups in total. The molecule has 2 rings (SSSR count). The summed E-state index contributed by atoms with van der Waals surface area (Å²) in [6.45, 7) is 1.07. The minimum absolute atomic E-state index is 0.0494. The van der Waals surface area contributed by atoms with Crippen LogP contribution in [0.5, 0.6) is 0 Å². The number of H-pyrrole nitrogens is 1. The smallest absolute Gasteiger partial charge is 0.303 e. The van der Waals surface area contributed by atoms with Gasteiger partial charge < -0.3 is 10.0 Å². The summed E-state index contributed by atoms with van der Waals surface area (Å²) < 4.78 is 0. The van der Waals surface area contributed by atoms with Crippen LogP contribution in [0.1, 0.15) is 23.3 Å². The van der Waals surface area contributed by atoms with E-state index in [0.29, 0.717) is 13.1 Å². The van der Waals surface area contributed by atoms with Gasteiger partial charge in [-0.1, -0.05) is 0 Å². The molecule has 16 heavy (non-hydrogen) atoms. The molecule has 1 aromatic rings. The van der Waals surface area contributed by atoms with Crippen LogP contribution in [-0.2, 0) is 4.79 Å². The van der Waals surface area contributed by atoms with Gasteiger partial charge in [-0.3, -0.25) is 9.59 Å². The summed E-state index contributed by atoms with van der Waals surface area (Å²) in [7, 11) is 0. The second kappa shape index (κ2) is 4.30. The van der Waals surface area contributed by atoms with Crippen LogP contribution in [0.15, 0.2) is 6.20 Å². The minimum Gasteiger partial charge on any atom is -0.481 e. The third-order valence-electron chi connectivity index (χ3n) is 2.67. The molecule has 0 radical (unpaired) electrons. The molecule has 1 aliphatic heterocycles. The predicted molar refractivity (Wildman–Crippen MR) is 52.6 cm³/mol. The maximum Gasteiger partial charge on any atom is 0.303 e. The lowest BCUT2D eigenvalue weighted by Crippen LogP contribution is -2.29. The molecule has 1 aliphatic rings. The van der Waals surface area contributed by atoms with Gasteiger partial charge in [-0.05, 0) is 12.3 Å². The van der Waals surface area contributed by atoms with Gasteiger partial charge in [-0.25, -0.2) is 0 Å². The summed E-state index contributed by atoms with van der Waals surface area (Å²) >= 11 is 0. The lowest BCUT2D eigenvalue weighted by molar-refractivity contribution is -0.138. The Bertz CT molecular complexity index is 389. The highest BCUT2D eigenvalue weighted by Crippen LogP contribution is 2.20. The second-order valence-electron chi connectivity index (χ2n) is 3.86. The van der Waals surface area contributed by atoms with Crippen molar-refractivity contribution in [3.8, 4) is 0 Å². The van der Waals surface area contributed by atoms with Gasteiger partial charge in [0.1, 0.15) is 0 Å². The maximum absolute atomic E-state index is 11.8. The molecule has 0 aromatic carbocycles. The standard InChI is InChI=1S/C9H12N4O3/c14-8(15)3-6-1-2-13(5-6)9(16)7-4-10-12-11-7/h4,6H,1-3,5H2,(H,14,15)(H,10,11,12). The van der Waals surface area contributed by atoms with Gasteiger partial charge in [0.25, 0.3) is 5.91 Å². The van der Waals surface area contributed by atoms with Crippen LogP contribution in [0.4, 0.5) is 0 Å². The van der Waals surface area contributed by atoms with Crippen LogP contribution in [0.2, 0.25) is 0 Å². The molecule has 2 heterocycles. The average molecular weight is 224 g/mol. The maximum atomic E-state index is 11.8. The van der Waals surface area contributed by atoms with Gasteiger partial charge in [0.05, 0.1) is 6.20 Å². The number of aromatic nitrogens is 3. The molecule has 1 unspecified atom stereocenters. The molecule has 0 saturated carbocycles. The number of rotatable bonds is 3. The molecule has 86 valence electrons. The topological polar surface area (TPSA) is 99.2 Å². The number of aliphatic carboxylic acids is 1. The first-order valence-electron chi connectivity index (χ1n) is 5.03. The van der Waals surface area contributed by atoms with Crippen LogP contribution in [0.3, 0.4) is 0 Å². The van der Waals surface area contributed by atoms with E-state index in [1.807, 2.05) is 0 Å². The van der Waals surface area contributed by atoms with Gasteiger partial charge >= 0.3 is 5.97 Å². The molecule has 0 spiro atoms. The van der Waals surface area contributed by atoms with Crippen molar-refractivity contribution >= 4 is 11.9 Å². The monoisotopic (exact) mass is 224 g/mol. The number of aromatic amines is 1. The molecule has 1 aromatic heterocycles. The van der Waals surface area contributed by atoms with Crippen molar-refractivity contribution < 1.29 is 14.7 Å². The number of nitrogens with zero attached hydrogens (tertiary/aromatic N) is 3. The summed E-state index contributed by atoms with van der Waals surface area (Å²) in [5, 5.41) is 18.3. The number of nitrogens with one attached hydrogen (secondary N) is 1. The largest absolute Gasteiger partial charge is 0.481 e.